The van der Waals surface area contributed by atoms with E-state index >= 15 is 0 Å². The van der Waals surface area contributed by atoms with Gasteiger partial charge in [0.2, 0.25) is 0 Å². The molecule has 156 valence electrons. The average molecular weight is 412 g/mol. The van der Waals surface area contributed by atoms with Crippen LogP contribution in [0.4, 0.5) is 11.6 Å². The summed E-state index contributed by atoms with van der Waals surface area (Å²) in [5.41, 5.74) is 3.03. The lowest BCUT2D eigenvalue weighted by molar-refractivity contribution is 0.0529. The van der Waals surface area contributed by atoms with Crippen molar-refractivity contribution in [3.63, 3.8) is 0 Å². The van der Waals surface area contributed by atoms with Gasteiger partial charge in [0.25, 0.3) is 0 Å². The number of fused-ring (bicyclic) bond motifs is 1. The topological polar surface area (TPSA) is 63.2 Å². The van der Waals surface area contributed by atoms with Crippen LogP contribution in [-0.4, -0.2) is 40.8 Å². The fourth-order valence-corrected chi connectivity index (χ4v) is 3.85. The first-order chi connectivity index (χ1) is 15.3. The van der Waals surface area contributed by atoms with Gasteiger partial charge in [0.05, 0.1) is 18.2 Å². The summed E-state index contributed by atoms with van der Waals surface area (Å²) < 4.78 is 5.63. The maximum atomic E-state index is 5.63. The molecular weight excluding hydrogens is 386 g/mol. The van der Waals surface area contributed by atoms with Gasteiger partial charge in [-0.3, -0.25) is 0 Å². The number of rotatable bonds is 5. The van der Waals surface area contributed by atoms with E-state index in [4.69, 9.17) is 14.7 Å². The van der Waals surface area contributed by atoms with Gasteiger partial charge in [-0.25, -0.2) is 15.0 Å². The fourth-order valence-electron chi connectivity index (χ4n) is 3.85. The molecule has 0 radical (unpaired) electrons. The van der Waals surface area contributed by atoms with Gasteiger partial charge in [0, 0.05) is 36.8 Å². The highest BCUT2D eigenvalue weighted by Gasteiger charge is 2.17. The normalized spacial score (nSPS) is 16.4. The van der Waals surface area contributed by atoms with Gasteiger partial charge in [-0.05, 0) is 30.7 Å². The molecule has 3 heterocycles. The Bertz CT molecular complexity index is 1160. The molecular formula is C25H25N5O. The summed E-state index contributed by atoms with van der Waals surface area (Å²) >= 11 is 0. The number of aromatic nitrogens is 3. The number of pyridine rings is 1. The summed E-state index contributed by atoms with van der Waals surface area (Å²) in [6.07, 6.45) is 2.17. The van der Waals surface area contributed by atoms with Crippen molar-refractivity contribution in [2.75, 3.05) is 29.9 Å². The molecule has 6 heteroatoms. The van der Waals surface area contributed by atoms with Crippen molar-refractivity contribution in [2.45, 2.75) is 19.6 Å². The van der Waals surface area contributed by atoms with Crippen LogP contribution in [0.15, 0.2) is 72.9 Å². The number of morpholine rings is 1. The summed E-state index contributed by atoms with van der Waals surface area (Å²) in [4.78, 5) is 16.5. The van der Waals surface area contributed by atoms with Gasteiger partial charge in [0.1, 0.15) is 11.6 Å². The van der Waals surface area contributed by atoms with Gasteiger partial charge < -0.3 is 15.0 Å². The highest BCUT2D eigenvalue weighted by molar-refractivity contribution is 5.90. The Balaban J connectivity index is 1.37. The van der Waals surface area contributed by atoms with Gasteiger partial charge >= 0.3 is 0 Å². The zero-order chi connectivity index (χ0) is 21.0. The van der Waals surface area contributed by atoms with E-state index in [1.54, 1.807) is 0 Å². The minimum absolute atomic E-state index is 0.238. The van der Waals surface area contributed by atoms with Gasteiger partial charge in [-0.2, -0.15) is 0 Å². The molecule has 1 aliphatic rings. The highest BCUT2D eigenvalue weighted by Crippen LogP contribution is 2.25. The number of ether oxygens (including phenoxy) is 1. The molecule has 0 amide bonds. The summed E-state index contributed by atoms with van der Waals surface area (Å²) in [6.45, 7) is 5.24. The Kier molecular flexibility index (Phi) is 5.46. The van der Waals surface area contributed by atoms with Crippen LogP contribution in [0.2, 0.25) is 0 Å². The lowest BCUT2D eigenvalue weighted by Crippen LogP contribution is -2.41. The minimum atomic E-state index is 0.238. The minimum Gasteiger partial charge on any atom is -0.375 e. The van der Waals surface area contributed by atoms with Crippen molar-refractivity contribution in [1.82, 2.24) is 15.0 Å². The van der Waals surface area contributed by atoms with E-state index in [-0.39, 0.29) is 6.10 Å². The molecule has 1 fully saturated rings. The van der Waals surface area contributed by atoms with Crippen molar-refractivity contribution in [3.8, 4) is 11.4 Å². The molecule has 1 atom stereocenters. The van der Waals surface area contributed by atoms with Crippen molar-refractivity contribution >= 4 is 22.5 Å². The smallest absolute Gasteiger partial charge is 0.162 e. The second-order valence-corrected chi connectivity index (χ2v) is 7.78. The molecule has 1 N–H and O–H groups in total. The molecule has 0 aliphatic carbocycles. The number of hydrogen-bond donors (Lipinski definition) is 1. The molecule has 5 rings (SSSR count). The number of anilines is 2. The van der Waals surface area contributed by atoms with Crippen molar-refractivity contribution in [3.05, 3.63) is 78.5 Å². The molecule has 0 spiro atoms. The average Bonchev–Trinajstić information content (AvgIpc) is 2.83. The Hall–Kier alpha value is -3.51. The van der Waals surface area contributed by atoms with Gasteiger partial charge in [-0.15, -0.1) is 0 Å². The zero-order valence-electron chi connectivity index (χ0n) is 17.5. The molecule has 0 bridgehead atoms. The zero-order valence-corrected chi connectivity index (χ0v) is 17.5. The number of nitrogens with zero attached hydrogens (tertiary/aromatic N) is 4. The van der Waals surface area contributed by atoms with Gasteiger partial charge in [0.15, 0.2) is 5.82 Å². The molecule has 4 aromatic rings. The van der Waals surface area contributed by atoms with E-state index in [0.29, 0.717) is 6.54 Å². The fraction of sp³-hybridized carbons (Fsp3) is 0.240. The molecule has 6 nitrogen and oxygen atoms in total. The summed E-state index contributed by atoms with van der Waals surface area (Å²) in [6, 6.07) is 22.4. The molecule has 31 heavy (non-hydrogen) atoms. The number of para-hydroxylation sites is 1. The van der Waals surface area contributed by atoms with Crippen LogP contribution in [0.3, 0.4) is 0 Å². The second kappa shape index (κ2) is 8.70. The third-order valence-electron chi connectivity index (χ3n) is 5.47. The third-order valence-corrected chi connectivity index (χ3v) is 5.47. The van der Waals surface area contributed by atoms with E-state index in [0.717, 1.165) is 59.2 Å². The van der Waals surface area contributed by atoms with Crippen LogP contribution in [0.25, 0.3) is 22.3 Å². The van der Waals surface area contributed by atoms with E-state index < -0.39 is 0 Å². The van der Waals surface area contributed by atoms with Crippen molar-refractivity contribution in [1.29, 1.82) is 0 Å². The third kappa shape index (κ3) is 4.34. The predicted molar refractivity (Wildman–Crippen MR) is 124 cm³/mol. The van der Waals surface area contributed by atoms with E-state index in [1.165, 1.54) is 0 Å². The van der Waals surface area contributed by atoms with Crippen LogP contribution >= 0.6 is 0 Å². The maximum Gasteiger partial charge on any atom is 0.162 e. The SMILES string of the molecule is CC1CN(c2ccc(CNc3nc(-c4ccccc4)nc4ccccc34)cn2)CCO1. The molecule has 1 unspecified atom stereocenters. The molecule has 1 aliphatic heterocycles. The summed E-state index contributed by atoms with van der Waals surface area (Å²) in [5, 5.41) is 4.50. The molecule has 2 aromatic carbocycles. The first-order valence-electron chi connectivity index (χ1n) is 10.6. The van der Waals surface area contributed by atoms with Crippen LogP contribution in [0.1, 0.15) is 12.5 Å². The lowest BCUT2D eigenvalue weighted by atomic mass is 10.2. The van der Waals surface area contributed by atoms with E-state index in [1.807, 2.05) is 60.8 Å². The van der Waals surface area contributed by atoms with Gasteiger partial charge in [-0.1, -0.05) is 48.5 Å². The second-order valence-electron chi connectivity index (χ2n) is 7.78. The maximum absolute atomic E-state index is 5.63. The standard InChI is InChI=1S/C25H25N5O/c1-18-17-30(13-14-31-18)23-12-11-19(15-26-23)16-27-25-21-9-5-6-10-22(21)28-24(29-25)20-7-3-2-4-8-20/h2-12,15,18H,13-14,16-17H2,1H3,(H,27,28,29). The Morgan fingerprint density at radius 2 is 1.84 bits per heavy atom. The lowest BCUT2D eigenvalue weighted by Gasteiger charge is -2.32. The Morgan fingerprint density at radius 1 is 1.00 bits per heavy atom. The van der Waals surface area contributed by atoms with Crippen LogP contribution in [-0.2, 0) is 11.3 Å². The molecule has 2 aromatic heterocycles. The van der Waals surface area contributed by atoms with Crippen LogP contribution in [0.5, 0.6) is 0 Å². The number of hydrogen-bond acceptors (Lipinski definition) is 6. The van der Waals surface area contributed by atoms with Crippen molar-refractivity contribution < 1.29 is 4.74 Å². The molecule has 1 saturated heterocycles. The quantitative estimate of drug-likeness (QED) is 0.521. The number of benzene rings is 2. The van der Waals surface area contributed by atoms with E-state index in [9.17, 15) is 0 Å². The predicted octanol–water partition coefficient (Wildman–Crippen LogP) is 4.53. The Labute approximate surface area is 181 Å². The largest absolute Gasteiger partial charge is 0.375 e. The van der Waals surface area contributed by atoms with E-state index in [2.05, 4.69) is 34.3 Å². The molecule has 0 saturated carbocycles. The highest BCUT2D eigenvalue weighted by atomic mass is 16.5. The number of nitrogens with one attached hydrogen (secondary N) is 1. The Morgan fingerprint density at radius 3 is 2.65 bits per heavy atom. The summed E-state index contributed by atoms with van der Waals surface area (Å²) in [7, 11) is 0. The summed E-state index contributed by atoms with van der Waals surface area (Å²) in [5.74, 6) is 2.55. The van der Waals surface area contributed by atoms with Crippen LogP contribution < -0.4 is 10.2 Å². The van der Waals surface area contributed by atoms with Crippen LogP contribution in [0, 0.1) is 0 Å². The van der Waals surface area contributed by atoms with Crippen molar-refractivity contribution in [2.24, 2.45) is 0 Å². The first-order valence-corrected chi connectivity index (χ1v) is 10.6. The first kappa shape index (κ1) is 19.5. The monoisotopic (exact) mass is 411 g/mol.